The average Bonchev–Trinajstić information content (AvgIpc) is 2.39. The van der Waals surface area contributed by atoms with E-state index in [4.69, 9.17) is 9.76 Å². The monoisotopic (exact) mass is 302 g/mol. The van der Waals surface area contributed by atoms with Crippen molar-refractivity contribution in [1.82, 2.24) is 0 Å². The molecule has 122 valence electrons. The predicted octanol–water partition coefficient (Wildman–Crippen LogP) is 5.41. The van der Waals surface area contributed by atoms with Crippen molar-refractivity contribution in [2.24, 2.45) is 5.92 Å². The van der Waals surface area contributed by atoms with Crippen molar-refractivity contribution in [3.8, 4) is 5.75 Å². The Morgan fingerprint density at radius 1 is 1.23 bits per heavy atom. The molecule has 3 heteroatoms. The summed E-state index contributed by atoms with van der Waals surface area (Å²) in [5.74, 6) is 1.25. The van der Waals surface area contributed by atoms with Gasteiger partial charge in [-0.1, -0.05) is 44.7 Å². The molecule has 0 amide bonds. The lowest BCUT2D eigenvalue weighted by Crippen LogP contribution is -2.25. The molecule has 1 N–H and O–H groups in total. The summed E-state index contributed by atoms with van der Waals surface area (Å²) in [6, 6.07) is 6.05. The van der Waals surface area contributed by atoms with E-state index in [0.717, 1.165) is 11.3 Å². The zero-order valence-electron chi connectivity index (χ0n) is 15.2. The van der Waals surface area contributed by atoms with Crippen molar-refractivity contribution in [2.75, 3.05) is 0 Å². The molecule has 0 radical (unpaired) electrons. The fourth-order valence-electron chi connectivity index (χ4n) is 1.41. The maximum Gasteiger partial charge on any atom is 0.351 e. The smallest absolute Gasteiger partial charge is 0.351 e. The molecule has 1 aromatic carbocycles. The lowest BCUT2D eigenvalue weighted by molar-refractivity contribution is 0.0327. The van der Waals surface area contributed by atoms with Crippen LogP contribution in [0.5, 0.6) is 5.75 Å². The first kappa shape index (κ1) is 20.5. The first-order valence-corrected chi connectivity index (χ1v) is 7.90. The van der Waals surface area contributed by atoms with Crippen LogP contribution in [-0.4, -0.2) is 17.6 Å². The van der Waals surface area contributed by atoms with E-state index in [-0.39, 0.29) is 6.92 Å². The summed E-state index contributed by atoms with van der Waals surface area (Å²) < 4.78 is 5.62. The van der Waals surface area contributed by atoms with Crippen LogP contribution in [0, 0.1) is 5.92 Å². The lowest BCUT2D eigenvalue weighted by atomic mass is 9.75. The number of hydrogen-bond donors (Lipinski definition) is 1. The highest BCUT2D eigenvalue weighted by atomic mass is 16.4. The van der Waals surface area contributed by atoms with E-state index in [1.807, 2.05) is 72.5 Å². The molecular formula is C19H31BO2. The summed E-state index contributed by atoms with van der Waals surface area (Å²) in [6.45, 7) is 17.7. The SMILES string of the molecule is C=Cc1cc(OB(C)C)ccc1/C=C/C.CC(C)C(C)(C)O. The van der Waals surface area contributed by atoms with Crippen molar-refractivity contribution in [2.45, 2.75) is 53.9 Å². The summed E-state index contributed by atoms with van der Waals surface area (Å²) in [6.07, 6.45) is 5.93. The summed E-state index contributed by atoms with van der Waals surface area (Å²) in [5.41, 5.74) is 1.77. The number of aliphatic hydroxyl groups is 1. The van der Waals surface area contributed by atoms with Crippen molar-refractivity contribution in [1.29, 1.82) is 0 Å². The van der Waals surface area contributed by atoms with E-state index < -0.39 is 5.60 Å². The van der Waals surface area contributed by atoms with Gasteiger partial charge < -0.3 is 9.76 Å². The normalized spacial score (nSPS) is 11.1. The van der Waals surface area contributed by atoms with Crippen LogP contribution in [0.25, 0.3) is 12.2 Å². The molecule has 0 spiro atoms. The Morgan fingerprint density at radius 3 is 2.14 bits per heavy atom. The van der Waals surface area contributed by atoms with Gasteiger partial charge in [0.05, 0.1) is 11.4 Å². The van der Waals surface area contributed by atoms with Crippen LogP contribution < -0.4 is 4.65 Å². The van der Waals surface area contributed by atoms with Gasteiger partial charge in [0.1, 0.15) is 0 Å². The first-order chi connectivity index (χ1) is 10.1. The minimum Gasteiger partial charge on any atom is -0.561 e. The molecule has 0 aliphatic rings. The molecule has 22 heavy (non-hydrogen) atoms. The molecule has 0 heterocycles. The van der Waals surface area contributed by atoms with Gasteiger partial charge >= 0.3 is 6.92 Å². The summed E-state index contributed by atoms with van der Waals surface area (Å²) in [5, 5.41) is 9.09. The van der Waals surface area contributed by atoms with Gasteiger partial charge in [0.25, 0.3) is 0 Å². The van der Waals surface area contributed by atoms with E-state index in [1.54, 1.807) is 0 Å². The standard InChI is InChI=1S/C13H17BO.C6H14O/c1-5-7-12-8-9-13(15-14(3)4)10-11(12)6-2;1-5(2)6(3,4)7/h5-10H,2H2,1,3-4H3;5,7H,1-4H3/b7-5+;. The third-order valence-electron chi connectivity index (χ3n) is 3.41. The van der Waals surface area contributed by atoms with Gasteiger partial charge in [-0.05, 0) is 63.6 Å². The second-order valence-electron chi connectivity index (χ2n) is 6.47. The van der Waals surface area contributed by atoms with Crippen molar-refractivity contribution in [3.63, 3.8) is 0 Å². The second kappa shape index (κ2) is 9.52. The number of allylic oxidation sites excluding steroid dienone is 1. The van der Waals surface area contributed by atoms with E-state index in [0.29, 0.717) is 5.92 Å². The Labute approximate surface area is 137 Å². The largest absolute Gasteiger partial charge is 0.561 e. The van der Waals surface area contributed by atoms with Crippen LogP contribution in [0.2, 0.25) is 13.6 Å². The topological polar surface area (TPSA) is 29.5 Å². The molecule has 0 aliphatic heterocycles. The Hall–Kier alpha value is -1.48. The van der Waals surface area contributed by atoms with Gasteiger partial charge in [0, 0.05) is 0 Å². The highest BCUT2D eigenvalue weighted by Gasteiger charge is 2.16. The van der Waals surface area contributed by atoms with Crippen LogP contribution in [-0.2, 0) is 0 Å². The van der Waals surface area contributed by atoms with Gasteiger partial charge in [-0.25, -0.2) is 0 Å². The Bertz CT molecular complexity index is 483. The zero-order valence-corrected chi connectivity index (χ0v) is 15.2. The summed E-state index contributed by atoms with van der Waals surface area (Å²) in [7, 11) is 0. The molecule has 1 rings (SSSR count). The molecule has 0 aliphatic carbocycles. The van der Waals surface area contributed by atoms with E-state index in [2.05, 4.69) is 18.7 Å². The van der Waals surface area contributed by atoms with Crippen molar-refractivity contribution in [3.05, 3.63) is 42.0 Å². The highest BCUT2D eigenvalue weighted by Crippen LogP contribution is 2.20. The van der Waals surface area contributed by atoms with E-state index >= 15 is 0 Å². The van der Waals surface area contributed by atoms with Crippen LogP contribution >= 0.6 is 0 Å². The molecule has 0 atom stereocenters. The molecule has 2 nitrogen and oxygen atoms in total. The van der Waals surface area contributed by atoms with Crippen LogP contribution in [0.4, 0.5) is 0 Å². The Kier molecular flexibility index (Phi) is 8.88. The molecule has 1 aromatic rings. The Balaban J connectivity index is 0.000000534. The maximum absolute atomic E-state index is 9.09. The average molecular weight is 302 g/mol. The molecule has 0 saturated heterocycles. The van der Waals surface area contributed by atoms with Crippen LogP contribution in [0.3, 0.4) is 0 Å². The second-order valence-corrected chi connectivity index (χ2v) is 6.47. The van der Waals surface area contributed by atoms with Gasteiger partial charge in [-0.15, -0.1) is 0 Å². The van der Waals surface area contributed by atoms with Gasteiger partial charge in [0.15, 0.2) is 0 Å². The molecule has 0 aromatic heterocycles. The van der Waals surface area contributed by atoms with E-state index in [1.165, 1.54) is 5.56 Å². The van der Waals surface area contributed by atoms with Crippen LogP contribution in [0.1, 0.15) is 45.7 Å². The molecule has 0 bridgehead atoms. The summed E-state index contributed by atoms with van der Waals surface area (Å²) in [4.78, 5) is 0. The van der Waals surface area contributed by atoms with Gasteiger partial charge in [-0.3, -0.25) is 0 Å². The predicted molar refractivity (Wildman–Crippen MR) is 100 cm³/mol. The number of hydrogen-bond acceptors (Lipinski definition) is 2. The van der Waals surface area contributed by atoms with Gasteiger partial charge in [-0.2, -0.15) is 0 Å². The fraction of sp³-hybridized carbons (Fsp3) is 0.474. The van der Waals surface area contributed by atoms with Crippen LogP contribution in [0.15, 0.2) is 30.9 Å². The minimum atomic E-state index is -0.500. The molecular weight excluding hydrogens is 271 g/mol. The molecule has 0 unspecified atom stereocenters. The quantitative estimate of drug-likeness (QED) is 0.737. The summed E-state index contributed by atoms with van der Waals surface area (Å²) >= 11 is 0. The molecule has 0 saturated carbocycles. The van der Waals surface area contributed by atoms with Crippen molar-refractivity contribution < 1.29 is 9.76 Å². The zero-order chi connectivity index (χ0) is 17.3. The first-order valence-electron chi connectivity index (χ1n) is 7.90. The minimum absolute atomic E-state index is 0.204. The third kappa shape index (κ3) is 8.09. The number of benzene rings is 1. The third-order valence-corrected chi connectivity index (χ3v) is 3.41. The number of rotatable bonds is 5. The van der Waals surface area contributed by atoms with E-state index in [9.17, 15) is 0 Å². The Morgan fingerprint density at radius 2 is 1.77 bits per heavy atom. The maximum atomic E-state index is 9.09. The van der Waals surface area contributed by atoms with Gasteiger partial charge in [0.2, 0.25) is 0 Å². The lowest BCUT2D eigenvalue weighted by Gasteiger charge is -2.21. The van der Waals surface area contributed by atoms with Crippen molar-refractivity contribution >= 4 is 19.1 Å². The fourth-order valence-corrected chi connectivity index (χ4v) is 1.41. The highest BCUT2D eigenvalue weighted by molar-refractivity contribution is 6.49. The molecule has 0 fully saturated rings.